The number of nitrogens with zero attached hydrogens (tertiary/aromatic N) is 2. The van der Waals surface area contributed by atoms with Crippen LogP contribution in [0.2, 0.25) is 0 Å². The van der Waals surface area contributed by atoms with Gasteiger partial charge >= 0.3 is 6.03 Å². The first-order valence-electron chi connectivity index (χ1n) is 8.09. The number of piperidine rings is 1. The highest BCUT2D eigenvalue weighted by Crippen LogP contribution is 2.19. The summed E-state index contributed by atoms with van der Waals surface area (Å²) >= 11 is 0. The Bertz CT molecular complexity index is 566. The van der Waals surface area contributed by atoms with E-state index < -0.39 is 6.10 Å². The number of carbonyl (C=O) groups excluding carboxylic acids is 2. The van der Waals surface area contributed by atoms with Crippen molar-refractivity contribution >= 4 is 11.9 Å². The maximum atomic E-state index is 12.5. The highest BCUT2D eigenvalue weighted by molar-refractivity contribution is 5.81. The van der Waals surface area contributed by atoms with Crippen LogP contribution in [-0.2, 0) is 4.79 Å². The van der Waals surface area contributed by atoms with Gasteiger partial charge in [0.15, 0.2) is 6.10 Å². The molecule has 1 atom stereocenters. The Morgan fingerprint density at radius 2 is 1.83 bits per heavy atom. The number of phenols is 1. The van der Waals surface area contributed by atoms with Gasteiger partial charge in [-0.15, -0.1) is 0 Å². The molecule has 7 nitrogen and oxygen atoms in total. The summed E-state index contributed by atoms with van der Waals surface area (Å²) < 4.78 is 5.63. The van der Waals surface area contributed by atoms with Gasteiger partial charge in [-0.25, -0.2) is 4.79 Å². The lowest BCUT2D eigenvalue weighted by atomic mass is 10.0. The molecule has 0 spiro atoms. The van der Waals surface area contributed by atoms with E-state index in [0.717, 1.165) is 12.8 Å². The number of urea groups is 1. The van der Waals surface area contributed by atoms with E-state index in [1.165, 1.54) is 17.0 Å². The van der Waals surface area contributed by atoms with Crippen molar-refractivity contribution in [2.75, 3.05) is 27.2 Å². The molecule has 0 bridgehead atoms. The molecule has 1 fully saturated rings. The molecule has 24 heavy (non-hydrogen) atoms. The zero-order valence-corrected chi connectivity index (χ0v) is 14.4. The van der Waals surface area contributed by atoms with Crippen LogP contribution in [0.3, 0.4) is 0 Å². The topological polar surface area (TPSA) is 82.1 Å². The fourth-order valence-corrected chi connectivity index (χ4v) is 2.58. The Balaban J connectivity index is 1.81. The van der Waals surface area contributed by atoms with Crippen LogP contribution in [0.25, 0.3) is 0 Å². The maximum Gasteiger partial charge on any atom is 0.317 e. The standard InChI is InChI=1S/C17H25N3O4/c1-12(24-15-6-4-14(21)5-7-15)16(22)20-10-8-13(9-11-20)18-17(23)19(2)3/h4-7,12-13,21H,8-11H2,1-3H3,(H,18,23). The average molecular weight is 335 g/mol. The molecule has 1 saturated heterocycles. The second kappa shape index (κ2) is 7.90. The third-order valence-electron chi connectivity index (χ3n) is 4.04. The van der Waals surface area contributed by atoms with E-state index in [1.807, 2.05) is 0 Å². The zero-order valence-electron chi connectivity index (χ0n) is 14.4. The first kappa shape index (κ1) is 17.9. The minimum absolute atomic E-state index is 0.0690. The number of aromatic hydroxyl groups is 1. The summed E-state index contributed by atoms with van der Waals surface area (Å²) in [6.07, 6.45) is 0.872. The maximum absolute atomic E-state index is 12.5. The lowest BCUT2D eigenvalue weighted by Crippen LogP contribution is -2.51. The van der Waals surface area contributed by atoms with Crippen molar-refractivity contribution in [3.63, 3.8) is 0 Å². The molecular weight excluding hydrogens is 310 g/mol. The summed E-state index contributed by atoms with van der Waals surface area (Å²) in [4.78, 5) is 27.4. The molecule has 0 aliphatic carbocycles. The molecule has 0 saturated carbocycles. The van der Waals surface area contributed by atoms with Crippen LogP contribution in [0.5, 0.6) is 11.5 Å². The number of ether oxygens (including phenoxy) is 1. The number of benzene rings is 1. The number of nitrogens with one attached hydrogen (secondary N) is 1. The fraction of sp³-hybridized carbons (Fsp3) is 0.529. The Morgan fingerprint density at radius 1 is 1.25 bits per heavy atom. The number of likely N-dealkylation sites (tertiary alicyclic amines) is 1. The van der Waals surface area contributed by atoms with E-state index in [9.17, 15) is 14.7 Å². The van der Waals surface area contributed by atoms with Crippen LogP contribution in [0.1, 0.15) is 19.8 Å². The fourth-order valence-electron chi connectivity index (χ4n) is 2.58. The van der Waals surface area contributed by atoms with Crippen molar-refractivity contribution in [3.05, 3.63) is 24.3 Å². The molecule has 3 amide bonds. The van der Waals surface area contributed by atoms with Crippen molar-refractivity contribution in [2.24, 2.45) is 0 Å². The SMILES string of the molecule is CC(Oc1ccc(O)cc1)C(=O)N1CCC(NC(=O)N(C)C)CC1. The lowest BCUT2D eigenvalue weighted by molar-refractivity contribution is -0.139. The molecule has 1 aliphatic heterocycles. The van der Waals surface area contributed by atoms with Gasteiger partial charge in [0.25, 0.3) is 5.91 Å². The zero-order chi connectivity index (χ0) is 17.7. The molecule has 7 heteroatoms. The van der Waals surface area contributed by atoms with Gasteiger partial charge in [0, 0.05) is 33.2 Å². The van der Waals surface area contributed by atoms with Crippen LogP contribution < -0.4 is 10.1 Å². The first-order chi connectivity index (χ1) is 11.4. The largest absolute Gasteiger partial charge is 0.508 e. The van der Waals surface area contributed by atoms with Gasteiger partial charge in [-0.05, 0) is 44.0 Å². The van der Waals surface area contributed by atoms with E-state index in [4.69, 9.17) is 4.74 Å². The quantitative estimate of drug-likeness (QED) is 0.872. The summed E-state index contributed by atoms with van der Waals surface area (Å²) in [6, 6.07) is 6.28. The van der Waals surface area contributed by atoms with E-state index >= 15 is 0 Å². The molecule has 1 aliphatic rings. The Kier molecular flexibility index (Phi) is 5.89. The lowest BCUT2D eigenvalue weighted by Gasteiger charge is -2.34. The molecule has 132 valence electrons. The summed E-state index contributed by atoms with van der Waals surface area (Å²) in [5.41, 5.74) is 0. The molecule has 1 unspecified atom stereocenters. The molecular formula is C17H25N3O4. The number of hydrogen-bond acceptors (Lipinski definition) is 4. The Hall–Kier alpha value is -2.44. The number of amides is 3. The minimum Gasteiger partial charge on any atom is -0.508 e. The van der Waals surface area contributed by atoms with Gasteiger partial charge in [0.1, 0.15) is 11.5 Å². The molecule has 2 rings (SSSR count). The second-order valence-electron chi connectivity index (χ2n) is 6.20. The number of rotatable bonds is 4. The molecule has 0 radical (unpaired) electrons. The third kappa shape index (κ3) is 4.78. The first-order valence-corrected chi connectivity index (χ1v) is 8.09. The van der Waals surface area contributed by atoms with E-state index in [2.05, 4.69) is 5.32 Å². The number of phenolic OH excluding ortho intramolecular Hbond substituents is 1. The van der Waals surface area contributed by atoms with Crippen molar-refractivity contribution < 1.29 is 19.4 Å². The molecule has 1 aromatic carbocycles. The van der Waals surface area contributed by atoms with Crippen molar-refractivity contribution in [1.82, 2.24) is 15.1 Å². The summed E-state index contributed by atoms with van der Waals surface area (Å²) in [7, 11) is 3.41. The van der Waals surface area contributed by atoms with Gasteiger partial charge in [-0.3, -0.25) is 4.79 Å². The van der Waals surface area contributed by atoms with Crippen molar-refractivity contribution in [1.29, 1.82) is 0 Å². The van der Waals surface area contributed by atoms with Crippen LogP contribution in [0.15, 0.2) is 24.3 Å². The van der Waals surface area contributed by atoms with Crippen molar-refractivity contribution in [3.8, 4) is 11.5 Å². The monoisotopic (exact) mass is 335 g/mol. The molecule has 1 heterocycles. The summed E-state index contributed by atoms with van der Waals surface area (Å²) in [5.74, 6) is 0.630. The predicted molar refractivity (Wildman–Crippen MR) is 90.0 cm³/mol. The summed E-state index contributed by atoms with van der Waals surface area (Å²) in [5, 5.41) is 12.2. The highest BCUT2D eigenvalue weighted by atomic mass is 16.5. The second-order valence-corrected chi connectivity index (χ2v) is 6.20. The smallest absolute Gasteiger partial charge is 0.317 e. The van der Waals surface area contributed by atoms with Crippen LogP contribution in [0, 0.1) is 0 Å². The van der Waals surface area contributed by atoms with Gasteiger partial charge in [0.2, 0.25) is 0 Å². The number of carbonyl (C=O) groups is 2. The number of hydrogen-bond donors (Lipinski definition) is 2. The van der Waals surface area contributed by atoms with E-state index in [-0.39, 0.29) is 23.7 Å². The van der Waals surface area contributed by atoms with Gasteiger partial charge in [0.05, 0.1) is 0 Å². The third-order valence-corrected chi connectivity index (χ3v) is 4.04. The van der Waals surface area contributed by atoms with Gasteiger partial charge < -0.3 is 25.0 Å². The minimum atomic E-state index is -0.595. The Morgan fingerprint density at radius 3 is 2.38 bits per heavy atom. The van der Waals surface area contributed by atoms with Gasteiger partial charge in [-0.2, -0.15) is 0 Å². The predicted octanol–water partition coefficient (Wildman–Crippen LogP) is 1.42. The van der Waals surface area contributed by atoms with Crippen LogP contribution in [-0.4, -0.2) is 66.2 Å². The highest BCUT2D eigenvalue weighted by Gasteiger charge is 2.27. The average Bonchev–Trinajstić information content (AvgIpc) is 2.56. The van der Waals surface area contributed by atoms with E-state index in [1.54, 1.807) is 38.1 Å². The Labute approximate surface area is 142 Å². The van der Waals surface area contributed by atoms with Crippen LogP contribution >= 0.6 is 0 Å². The summed E-state index contributed by atoms with van der Waals surface area (Å²) in [6.45, 7) is 2.91. The van der Waals surface area contributed by atoms with Gasteiger partial charge in [-0.1, -0.05) is 0 Å². The molecule has 1 aromatic rings. The normalized spacial score (nSPS) is 16.4. The molecule has 0 aromatic heterocycles. The molecule has 2 N–H and O–H groups in total. The van der Waals surface area contributed by atoms with Crippen molar-refractivity contribution in [2.45, 2.75) is 31.9 Å². The van der Waals surface area contributed by atoms with Crippen LogP contribution in [0.4, 0.5) is 4.79 Å². The van der Waals surface area contributed by atoms with E-state index in [0.29, 0.717) is 18.8 Å².